The van der Waals surface area contributed by atoms with Crippen LogP contribution in [0, 0.1) is 0 Å². The highest BCUT2D eigenvalue weighted by molar-refractivity contribution is 7.47. The number of esters is 2. The molecular formula is C38H74NO10P. The van der Waals surface area contributed by atoms with Gasteiger partial charge in [-0.2, -0.15) is 0 Å². The fourth-order valence-electron chi connectivity index (χ4n) is 5.65. The minimum absolute atomic E-state index is 0.169. The number of hydrogen-bond donors (Lipinski definition) is 3. The Morgan fingerprint density at radius 1 is 0.540 bits per heavy atom. The van der Waals surface area contributed by atoms with Gasteiger partial charge < -0.3 is 25.2 Å². The number of unbranched alkanes of at least 4 members (excludes halogenated alkanes) is 24. The van der Waals surface area contributed by atoms with Crippen LogP contribution in [-0.4, -0.2) is 59.9 Å². The Morgan fingerprint density at radius 2 is 0.880 bits per heavy atom. The van der Waals surface area contributed by atoms with E-state index >= 15 is 0 Å². The summed E-state index contributed by atoms with van der Waals surface area (Å²) < 4.78 is 32.5. The van der Waals surface area contributed by atoms with E-state index in [4.69, 9.17) is 24.8 Å². The van der Waals surface area contributed by atoms with E-state index < -0.39 is 51.1 Å². The van der Waals surface area contributed by atoms with Crippen LogP contribution >= 0.6 is 7.82 Å². The van der Waals surface area contributed by atoms with Gasteiger partial charge in [-0.15, -0.1) is 0 Å². The van der Waals surface area contributed by atoms with E-state index in [1.807, 2.05) is 0 Å². The van der Waals surface area contributed by atoms with Gasteiger partial charge in [-0.1, -0.05) is 168 Å². The van der Waals surface area contributed by atoms with E-state index in [1.54, 1.807) is 0 Å². The van der Waals surface area contributed by atoms with Crippen LogP contribution in [0.5, 0.6) is 0 Å². The van der Waals surface area contributed by atoms with Crippen LogP contribution in [0.3, 0.4) is 0 Å². The number of hydrogen-bond acceptors (Lipinski definition) is 9. The summed E-state index contributed by atoms with van der Waals surface area (Å²) in [5.74, 6) is -2.37. The minimum atomic E-state index is -4.70. The summed E-state index contributed by atoms with van der Waals surface area (Å²) in [6.07, 6.45) is 30.4. The molecular weight excluding hydrogens is 661 g/mol. The quantitative estimate of drug-likeness (QED) is 0.0313. The molecule has 0 saturated heterocycles. The van der Waals surface area contributed by atoms with Crippen molar-refractivity contribution in [3.8, 4) is 0 Å². The summed E-state index contributed by atoms with van der Waals surface area (Å²) in [5.41, 5.74) is 5.31. The standard InChI is InChI=1S/C38H74NO10P/c1-3-5-7-9-11-13-14-15-16-17-18-19-20-21-22-24-26-28-30-37(41)49-34(32-47-50(44,45)48-33-35(39)38(42)43)31-46-36(40)29-27-25-23-12-10-8-6-4-2/h34-35H,3-33,39H2,1-2H3,(H,42,43)(H,44,45). The SMILES string of the molecule is CCCCCCCCCCCCCCCCCCCCC(=O)OC(COC(=O)CCCCCCCCCC)COP(=O)(O)OCC(N)C(=O)O. The van der Waals surface area contributed by atoms with Gasteiger partial charge in [0.25, 0.3) is 0 Å². The molecule has 0 aliphatic rings. The molecule has 0 saturated carbocycles. The van der Waals surface area contributed by atoms with Gasteiger partial charge in [-0.25, -0.2) is 4.57 Å². The van der Waals surface area contributed by atoms with Crippen LogP contribution in [0.2, 0.25) is 0 Å². The number of nitrogens with two attached hydrogens (primary N) is 1. The number of rotatable bonds is 38. The Kier molecular flexibility index (Phi) is 33.5. The molecule has 4 N–H and O–H groups in total. The molecule has 0 heterocycles. The third kappa shape index (κ3) is 33.6. The topological polar surface area (TPSA) is 172 Å². The monoisotopic (exact) mass is 736 g/mol. The maximum atomic E-state index is 12.6. The van der Waals surface area contributed by atoms with E-state index in [2.05, 4.69) is 18.4 Å². The number of carbonyl (C=O) groups is 3. The molecule has 0 spiro atoms. The molecule has 296 valence electrons. The van der Waals surface area contributed by atoms with Gasteiger partial charge >= 0.3 is 25.7 Å². The largest absolute Gasteiger partial charge is 0.480 e. The van der Waals surface area contributed by atoms with Crippen molar-refractivity contribution in [1.82, 2.24) is 0 Å². The molecule has 0 aliphatic carbocycles. The van der Waals surface area contributed by atoms with E-state index in [1.165, 1.54) is 116 Å². The van der Waals surface area contributed by atoms with E-state index in [0.717, 1.165) is 38.5 Å². The molecule has 11 nitrogen and oxygen atoms in total. The second-order valence-corrected chi connectivity index (χ2v) is 15.2. The molecule has 3 unspecified atom stereocenters. The van der Waals surface area contributed by atoms with Crippen LogP contribution < -0.4 is 5.73 Å². The summed E-state index contributed by atoms with van der Waals surface area (Å²) >= 11 is 0. The number of carboxylic acid groups (broad SMARTS) is 1. The molecule has 0 aromatic carbocycles. The Bertz CT molecular complexity index is 875. The second-order valence-electron chi connectivity index (χ2n) is 13.8. The zero-order valence-electron chi connectivity index (χ0n) is 31.8. The first-order chi connectivity index (χ1) is 24.1. The lowest BCUT2D eigenvalue weighted by molar-refractivity contribution is -0.161. The second kappa shape index (κ2) is 34.6. The third-order valence-corrected chi connectivity index (χ3v) is 9.81. The van der Waals surface area contributed by atoms with Crippen molar-refractivity contribution in [2.75, 3.05) is 19.8 Å². The van der Waals surface area contributed by atoms with Crippen molar-refractivity contribution in [2.24, 2.45) is 5.73 Å². The minimum Gasteiger partial charge on any atom is -0.480 e. The van der Waals surface area contributed by atoms with E-state index in [0.29, 0.717) is 12.8 Å². The number of ether oxygens (including phenoxy) is 2. The van der Waals surface area contributed by atoms with E-state index in [9.17, 15) is 23.8 Å². The normalized spacial score (nSPS) is 13.8. The molecule has 0 radical (unpaired) electrons. The molecule has 12 heteroatoms. The molecule has 50 heavy (non-hydrogen) atoms. The number of phosphoric ester groups is 1. The van der Waals surface area contributed by atoms with Gasteiger partial charge in [0, 0.05) is 12.8 Å². The van der Waals surface area contributed by atoms with Gasteiger partial charge in [0.1, 0.15) is 12.6 Å². The highest BCUT2D eigenvalue weighted by atomic mass is 31.2. The van der Waals surface area contributed by atoms with Crippen LogP contribution in [0.25, 0.3) is 0 Å². The Hall–Kier alpha value is -1.52. The van der Waals surface area contributed by atoms with E-state index in [-0.39, 0.29) is 19.4 Å². The molecule has 0 amide bonds. The lowest BCUT2D eigenvalue weighted by Crippen LogP contribution is -2.34. The first-order valence-electron chi connectivity index (χ1n) is 20.1. The maximum absolute atomic E-state index is 12.6. The predicted octanol–water partition coefficient (Wildman–Crippen LogP) is 9.95. The van der Waals surface area contributed by atoms with Gasteiger partial charge in [-0.05, 0) is 12.8 Å². The van der Waals surface area contributed by atoms with Crippen molar-refractivity contribution in [3.63, 3.8) is 0 Å². The fraction of sp³-hybridized carbons (Fsp3) is 0.921. The molecule has 0 rings (SSSR count). The summed E-state index contributed by atoms with van der Waals surface area (Å²) in [7, 11) is -4.70. The lowest BCUT2D eigenvalue weighted by atomic mass is 10.0. The zero-order valence-corrected chi connectivity index (χ0v) is 32.7. The van der Waals surface area contributed by atoms with Crippen LogP contribution in [0.4, 0.5) is 0 Å². The summed E-state index contributed by atoms with van der Waals surface area (Å²) in [5, 5.41) is 8.85. The van der Waals surface area contributed by atoms with Crippen LogP contribution in [-0.2, 0) is 37.5 Å². The van der Waals surface area contributed by atoms with Crippen molar-refractivity contribution in [1.29, 1.82) is 0 Å². The van der Waals surface area contributed by atoms with Crippen molar-refractivity contribution < 1.29 is 47.5 Å². The fourth-order valence-corrected chi connectivity index (χ4v) is 6.43. The predicted molar refractivity (Wildman–Crippen MR) is 199 cm³/mol. The van der Waals surface area contributed by atoms with Crippen molar-refractivity contribution in [3.05, 3.63) is 0 Å². The molecule has 0 aromatic rings. The molecule has 0 aromatic heterocycles. The molecule has 0 fully saturated rings. The molecule has 3 atom stereocenters. The smallest absolute Gasteiger partial charge is 0.472 e. The van der Waals surface area contributed by atoms with Crippen molar-refractivity contribution in [2.45, 2.75) is 206 Å². The lowest BCUT2D eigenvalue weighted by Gasteiger charge is -2.20. The highest BCUT2D eigenvalue weighted by Crippen LogP contribution is 2.43. The summed E-state index contributed by atoms with van der Waals surface area (Å²) in [6.45, 7) is 2.78. The molecule has 0 bridgehead atoms. The third-order valence-electron chi connectivity index (χ3n) is 8.86. The average Bonchev–Trinajstić information content (AvgIpc) is 3.09. The molecule has 0 aliphatic heterocycles. The highest BCUT2D eigenvalue weighted by Gasteiger charge is 2.28. The van der Waals surface area contributed by atoms with Crippen LogP contribution in [0.15, 0.2) is 0 Å². The first kappa shape index (κ1) is 48.5. The Balaban J connectivity index is 4.28. The van der Waals surface area contributed by atoms with Gasteiger partial charge in [0.2, 0.25) is 0 Å². The first-order valence-corrected chi connectivity index (χ1v) is 21.6. The van der Waals surface area contributed by atoms with Crippen molar-refractivity contribution >= 4 is 25.7 Å². The number of carbonyl (C=O) groups excluding carboxylic acids is 2. The maximum Gasteiger partial charge on any atom is 0.472 e. The van der Waals surface area contributed by atoms with Crippen LogP contribution in [0.1, 0.15) is 194 Å². The van der Waals surface area contributed by atoms with Gasteiger partial charge in [-0.3, -0.25) is 23.4 Å². The number of phosphoric acid groups is 1. The number of aliphatic carboxylic acids is 1. The average molecular weight is 736 g/mol. The Morgan fingerprint density at radius 3 is 1.26 bits per heavy atom. The summed E-state index contributed by atoms with van der Waals surface area (Å²) in [4.78, 5) is 45.7. The Labute approximate surface area is 304 Å². The zero-order chi connectivity index (χ0) is 37.1. The summed E-state index contributed by atoms with van der Waals surface area (Å²) in [6, 6.07) is -1.51. The van der Waals surface area contributed by atoms with Gasteiger partial charge in [0.05, 0.1) is 13.2 Å². The number of carboxylic acids is 1. The van der Waals surface area contributed by atoms with Gasteiger partial charge in [0.15, 0.2) is 6.10 Å².